The Balaban J connectivity index is 1.49. The third-order valence-electron chi connectivity index (χ3n) is 7.07. The van der Waals surface area contributed by atoms with Crippen LogP contribution >= 0.6 is 11.3 Å². The van der Waals surface area contributed by atoms with Crippen LogP contribution in [0.1, 0.15) is 46.3 Å². The van der Waals surface area contributed by atoms with Crippen LogP contribution in [0.2, 0.25) is 0 Å². The summed E-state index contributed by atoms with van der Waals surface area (Å²) >= 11 is 1.71. The number of thiophene rings is 1. The van der Waals surface area contributed by atoms with Crippen LogP contribution in [0.3, 0.4) is 0 Å². The van der Waals surface area contributed by atoms with Gasteiger partial charge in [0, 0.05) is 35.7 Å². The zero-order chi connectivity index (χ0) is 25.9. The molecule has 6 rings (SSSR count). The highest BCUT2D eigenvalue weighted by atomic mass is 32.1. The van der Waals surface area contributed by atoms with Gasteiger partial charge in [0.1, 0.15) is 6.04 Å². The molecule has 0 bridgehead atoms. The molecule has 194 valence electrons. The van der Waals surface area contributed by atoms with Gasteiger partial charge in [0.15, 0.2) is 5.82 Å². The maximum absolute atomic E-state index is 13.7. The number of pyridine rings is 1. The third-order valence-corrected chi connectivity index (χ3v) is 7.93. The van der Waals surface area contributed by atoms with Crippen LogP contribution in [0.25, 0.3) is 10.9 Å². The number of H-pyrrole nitrogens is 1. The zero-order valence-electron chi connectivity index (χ0n) is 21.3. The normalized spacial score (nSPS) is 16.4. The number of nitrogens with zero attached hydrogens (tertiary/aromatic N) is 5. The van der Waals surface area contributed by atoms with E-state index in [4.69, 9.17) is 4.74 Å². The van der Waals surface area contributed by atoms with Crippen LogP contribution in [-0.2, 0) is 17.8 Å². The van der Waals surface area contributed by atoms with Gasteiger partial charge >= 0.3 is 0 Å². The molecule has 8 nitrogen and oxygen atoms in total. The van der Waals surface area contributed by atoms with Gasteiger partial charge in [-0.1, -0.05) is 48.0 Å². The summed E-state index contributed by atoms with van der Waals surface area (Å²) in [6.07, 6.45) is 2.14. The first-order valence-corrected chi connectivity index (χ1v) is 13.8. The minimum Gasteiger partial charge on any atom is -0.377 e. The van der Waals surface area contributed by atoms with E-state index in [1.807, 2.05) is 41.1 Å². The van der Waals surface area contributed by atoms with Gasteiger partial charge in [-0.3, -0.25) is 9.69 Å². The Morgan fingerprint density at radius 1 is 1.16 bits per heavy atom. The Labute approximate surface area is 224 Å². The van der Waals surface area contributed by atoms with Crippen molar-refractivity contribution in [2.24, 2.45) is 0 Å². The molecule has 38 heavy (non-hydrogen) atoms. The fourth-order valence-corrected chi connectivity index (χ4v) is 5.96. The van der Waals surface area contributed by atoms with E-state index in [0.29, 0.717) is 31.0 Å². The van der Waals surface area contributed by atoms with Crippen molar-refractivity contribution >= 4 is 22.2 Å². The molecule has 5 aromatic rings. The third kappa shape index (κ3) is 5.31. The second-order valence-corrected chi connectivity index (χ2v) is 10.9. The summed E-state index contributed by atoms with van der Waals surface area (Å²) in [4.78, 5) is 20.3. The molecule has 3 aromatic heterocycles. The Hall–Kier alpha value is -3.66. The smallest absolute Gasteiger partial charge is 0.253 e. The van der Waals surface area contributed by atoms with E-state index in [-0.39, 0.29) is 11.7 Å². The maximum Gasteiger partial charge on any atom is 0.253 e. The van der Waals surface area contributed by atoms with Gasteiger partial charge in [0.25, 0.3) is 5.56 Å². The Kier molecular flexibility index (Phi) is 7.13. The van der Waals surface area contributed by atoms with E-state index in [9.17, 15) is 4.79 Å². The van der Waals surface area contributed by atoms with Crippen molar-refractivity contribution in [1.29, 1.82) is 0 Å². The largest absolute Gasteiger partial charge is 0.377 e. The van der Waals surface area contributed by atoms with Crippen LogP contribution in [0.4, 0.5) is 0 Å². The average molecular weight is 527 g/mol. The molecular formula is C29H30N6O2S. The molecule has 1 N–H and O–H groups in total. The maximum atomic E-state index is 13.7. The number of rotatable bonds is 9. The highest BCUT2D eigenvalue weighted by molar-refractivity contribution is 7.09. The van der Waals surface area contributed by atoms with E-state index in [0.717, 1.165) is 41.5 Å². The quantitative estimate of drug-likeness (QED) is 0.299. The highest BCUT2D eigenvalue weighted by Crippen LogP contribution is 2.31. The number of tetrazole rings is 1. The molecule has 0 radical (unpaired) electrons. The second kappa shape index (κ2) is 11.0. The molecule has 0 saturated carbocycles. The standard InChI is InChI=1S/C29H30N6O2S/c1-20-11-12-26-22(15-20)16-25(29(36)30-26)27(28-31-32-33-35(28)17-21-7-3-2-4-8-21)34(18-23-9-5-13-37-23)19-24-10-6-14-38-24/h2-4,6-8,10-12,14-16,23,27H,5,9,13,17-19H2,1H3,(H,30,36)/t23-,27+/m0/s1. The summed E-state index contributed by atoms with van der Waals surface area (Å²) in [6, 6.07) is 21.9. The van der Waals surface area contributed by atoms with Gasteiger partial charge in [0.2, 0.25) is 0 Å². The zero-order valence-corrected chi connectivity index (χ0v) is 22.1. The first-order chi connectivity index (χ1) is 18.6. The molecule has 0 unspecified atom stereocenters. The molecule has 1 aliphatic heterocycles. The number of fused-ring (bicyclic) bond motifs is 1. The van der Waals surface area contributed by atoms with E-state index in [1.54, 1.807) is 11.3 Å². The summed E-state index contributed by atoms with van der Waals surface area (Å²) in [5, 5.41) is 16.0. The molecule has 9 heteroatoms. The molecule has 2 aromatic carbocycles. The van der Waals surface area contributed by atoms with Crippen molar-refractivity contribution in [3.63, 3.8) is 0 Å². The van der Waals surface area contributed by atoms with Crippen molar-refractivity contribution in [2.75, 3.05) is 13.2 Å². The van der Waals surface area contributed by atoms with Crippen molar-refractivity contribution in [2.45, 2.75) is 45.0 Å². The van der Waals surface area contributed by atoms with Gasteiger partial charge in [-0.15, -0.1) is 16.4 Å². The summed E-state index contributed by atoms with van der Waals surface area (Å²) in [6.45, 7) is 4.67. The number of benzene rings is 2. The number of aromatic amines is 1. The molecule has 1 saturated heterocycles. The summed E-state index contributed by atoms with van der Waals surface area (Å²) in [7, 11) is 0. The molecule has 1 fully saturated rings. The predicted octanol–water partition coefficient (Wildman–Crippen LogP) is 4.70. The Morgan fingerprint density at radius 2 is 2.05 bits per heavy atom. The number of aromatic nitrogens is 5. The molecule has 2 atom stereocenters. The first-order valence-electron chi connectivity index (χ1n) is 13.0. The summed E-state index contributed by atoms with van der Waals surface area (Å²) < 4.78 is 7.88. The number of aryl methyl sites for hydroxylation is 1. The SMILES string of the molecule is Cc1ccc2[nH]c(=O)c([C@H](c3nnnn3Cc3ccccc3)N(Cc3cccs3)C[C@@H]3CCCO3)cc2c1. The molecule has 1 aliphatic rings. The first kappa shape index (κ1) is 24.7. The minimum atomic E-state index is -0.464. The summed E-state index contributed by atoms with van der Waals surface area (Å²) in [5.74, 6) is 0.640. The van der Waals surface area contributed by atoms with Crippen LogP contribution in [0, 0.1) is 6.92 Å². The Bertz CT molecular complexity index is 1560. The highest BCUT2D eigenvalue weighted by Gasteiger charge is 2.33. The van der Waals surface area contributed by atoms with Crippen molar-refractivity contribution in [3.8, 4) is 0 Å². The van der Waals surface area contributed by atoms with Crippen molar-refractivity contribution < 1.29 is 4.74 Å². The van der Waals surface area contributed by atoms with Crippen LogP contribution in [0.15, 0.2) is 76.9 Å². The molecule has 4 heterocycles. The number of hydrogen-bond donors (Lipinski definition) is 1. The van der Waals surface area contributed by atoms with E-state index >= 15 is 0 Å². The van der Waals surface area contributed by atoms with E-state index < -0.39 is 6.04 Å². The average Bonchev–Trinajstić information content (AvgIpc) is 3.70. The van der Waals surface area contributed by atoms with Gasteiger partial charge in [-0.05, 0) is 70.8 Å². The van der Waals surface area contributed by atoms with Crippen molar-refractivity contribution in [1.82, 2.24) is 30.1 Å². The van der Waals surface area contributed by atoms with E-state index in [2.05, 4.69) is 68.0 Å². The molecule has 0 spiro atoms. The van der Waals surface area contributed by atoms with Gasteiger partial charge in [0.05, 0.1) is 12.6 Å². The van der Waals surface area contributed by atoms with Crippen LogP contribution < -0.4 is 5.56 Å². The van der Waals surface area contributed by atoms with Crippen LogP contribution in [0.5, 0.6) is 0 Å². The molecular weight excluding hydrogens is 496 g/mol. The lowest BCUT2D eigenvalue weighted by atomic mass is 10.0. The van der Waals surface area contributed by atoms with Crippen molar-refractivity contribution in [3.05, 3.63) is 110 Å². The lowest BCUT2D eigenvalue weighted by Crippen LogP contribution is -2.39. The lowest BCUT2D eigenvalue weighted by Gasteiger charge is -2.32. The van der Waals surface area contributed by atoms with Gasteiger partial charge < -0.3 is 9.72 Å². The fourth-order valence-electron chi connectivity index (χ4n) is 5.24. The second-order valence-electron chi connectivity index (χ2n) is 9.87. The Morgan fingerprint density at radius 3 is 2.84 bits per heavy atom. The van der Waals surface area contributed by atoms with Gasteiger partial charge in [-0.2, -0.15) is 0 Å². The number of hydrogen-bond acceptors (Lipinski definition) is 7. The number of ether oxygens (including phenoxy) is 1. The topological polar surface area (TPSA) is 88.9 Å². The molecule has 0 aliphatic carbocycles. The lowest BCUT2D eigenvalue weighted by molar-refractivity contribution is 0.0578. The van der Waals surface area contributed by atoms with Gasteiger partial charge in [-0.25, -0.2) is 4.68 Å². The minimum absolute atomic E-state index is 0.0951. The fraction of sp³-hybridized carbons (Fsp3) is 0.310. The van der Waals surface area contributed by atoms with E-state index in [1.165, 1.54) is 4.88 Å². The predicted molar refractivity (Wildman–Crippen MR) is 148 cm³/mol. The number of nitrogens with one attached hydrogen (secondary N) is 1. The molecule has 0 amide bonds. The monoisotopic (exact) mass is 526 g/mol. The van der Waals surface area contributed by atoms with Crippen LogP contribution in [-0.4, -0.2) is 49.3 Å². The summed E-state index contributed by atoms with van der Waals surface area (Å²) in [5.41, 5.74) is 3.53.